The van der Waals surface area contributed by atoms with Crippen molar-refractivity contribution in [1.29, 1.82) is 0 Å². The Morgan fingerprint density at radius 2 is 1.00 bits per heavy atom. The van der Waals surface area contributed by atoms with Crippen molar-refractivity contribution in [3.63, 3.8) is 0 Å². The van der Waals surface area contributed by atoms with Crippen LogP contribution in [0.15, 0.2) is 101 Å². The summed E-state index contributed by atoms with van der Waals surface area (Å²) >= 11 is 0. The van der Waals surface area contributed by atoms with Crippen LogP contribution in [0.4, 0.5) is 0 Å². The third kappa shape index (κ3) is 2.33. The van der Waals surface area contributed by atoms with E-state index in [1.165, 1.54) is 0 Å². The fraction of sp³-hybridized carbons (Fsp3) is 0.0435. The molecule has 0 bridgehead atoms. The van der Waals surface area contributed by atoms with Gasteiger partial charge in [-0.3, -0.25) is 9.59 Å². The topological polar surface area (TPSA) is 54.4 Å². The first kappa shape index (κ1) is 16.2. The first-order valence-electron chi connectivity index (χ1n) is 8.36. The fourth-order valence-electron chi connectivity index (χ4n) is 3.43. The summed E-state index contributed by atoms with van der Waals surface area (Å²) in [5.74, 6) is 0. The summed E-state index contributed by atoms with van der Waals surface area (Å²) in [5, 5.41) is 11.8. The van der Waals surface area contributed by atoms with Crippen LogP contribution in [0.2, 0.25) is 0 Å². The minimum atomic E-state index is -1.68. The SMILES string of the molecule is O=c1c(-c2ccccc2)c(C(O)(c2ccccc2)c2ccccc2)c1=O. The predicted molar refractivity (Wildman–Crippen MR) is 102 cm³/mol. The summed E-state index contributed by atoms with van der Waals surface area (Å²) < 4.78 is 0. The van der Waals surface area contributed by atoms with Gasteiger partial charge in [0.15, 0.2) is 0 Å². The smallest absolute Gasteiger partial charge is 0.234 e. The number of hydrogen-bond acceptors (Lipinski definition) is 3. The molecule has 0 atom stereocenters. The monoisotopic (exact) mass is 340 g/mol. The molecular formula is C23H16O3. The second-order valence-electron chi connectivity index (χ2n) is 6.22. The van der Waals surface area contributed by atoms with Gasteiger partial charge in [-0.2, -0.15) is 0 Å². The van der Waals surface area contributed by atoms with Gasteiger partial charge in [-0.25, -0.2) is 0 Å². The van der Waals surface area contributed by atoms with Crippen LogP contribution in [0.3, 0.4) is 0 Å². The molecule has 1 N–H and O–H groups in total. The highest BCUT2D eigenvalue weighted by Crippen LogP contribution is 2.39. The van der Waals surface area contributed by atoms with Gasteiger partial charge in [0.05, 0.1) is 5.56 Å². The highest BCUT2D eigenvalue weighted by Gasteiger charge is 2.42. The van der Waals surface area contributed by atoms with Crippen molar-refractivity contribution in [3.8, 4) is 11.1 Å². The molecule has 0 fully saturated rings. The van der Waals surface area contributed by atoms with Gasteiger partial charge in [-0.15, -0.1) is 0 Å². The summed E-state index contributed by atoms with van der Waals surface area (Å²) in [4.78, 5) is 24.9. The summed E-state index contributed by atoms with van der Waals surface area (Å²) in [5.41, 5.74) is -0.727. The van der Waals surface area contributed by atoms with Crippen LogP contribution < -0.4 is 10.9 Å². The van der Waals surface area contributed by atoms with E-state index in [1.54, 1.807) is 72.8 Å². The van der Waals surface area contributed by atoms with Gasteiger partial charge in [-0.1, -0.05) is 91.0 Å². The molecule has 0 aliphatic carbocycles. The van der Waals surface area contributed by atoms with Gasteiger partial charge in [0.1, 0.15) is 5.60 Å². The molecular weight excluding hydrogens is 324 g/mol. The highest BCUT2D eigenvalue weighted by atomic mass is 16.3. The Kier molecular flexibility index (Phi) is 3.86. The lowest BCUT2D eigenvalue weighted by Crippen LogP contribution is -2.47. The van der Waals surface area contributed by atoms with Crippen LogP contribution in [0.1, 0.15) is 16.7 Å². The van der Waals surface area contributed by atoms with Crippen LogP contribution in [-0.2, 0) is 5.60 Å². The Hall–Kier alpha value is -3.30. The summed E-state index contributed by atoms with van der Waals surface area (Å²) in [6, 6.07) is 26.9. The minimum absolute atomic E-state index is 0.131. The van der Waals surface area contributed by atoms with Crippen molar-refractivity contribution in [2.45, 2.75) is 5.60 Å². The van der Waals surface area contributed by atoms with E-state index in [9.17, 15) is 14.7 Å². The average molecular weight is 340 g/mol. The van der Waals surface area contributed by atoms with Crippen molar-refractivity contribution < 1.29 is 5.11 Å². The van der Waals surface area contributed by atoms with Gasteiger partial charge >= 0.3 is 0 Å². The zero-order chi connectivity index (χ0) is 18.1. The molecule has 0 unspecified atom stereocenters. The second kappa shape index (κ2) is 6.21. The maximum atomic E-state index is 12.6. The Balaban J connectivity index is 2.03. The van der Waals surface area contributed by atoms with Crippen LogP contribution >= 0.6 is 0 Å². The number of aliphatic hydroxyl groups is 1. The second-order valence-corrected chi connectivity index (χ2v) is 6.22. The highest BCUT2D eigenvalue weighted by molar-refractivity contribution is 5.74. The van der Waals surface area contributed by atoms with E-state index < -0.39 is 16.5 Å². The quantitative estimate of drug-likeness (QED) is 0.580. The largest absolute Gasteiger partial charge is 0.376 e. The van der Waals surface area contributed by atoms with Crippen molar-refractivity contribution in [3.05, 3.63) is 128 Å². The Labute approximate surface area is 150 Å². The van der Waals surface area contributed by atoms with Gasteiger partial charge in [-0.05, 0) is 16.7 Å². The molecule has 0 heterocycles. The number of rotatable bonds is 4. The van der Waals surface area contributed by atoms with E-state index in [0.29, 0.717) is 16.7 Å². The molecule has 0 aliphatic rings. The molecule has 3 nitrogen and oxygen atoms in total. The molecule has 0 spiro atoms. The zero-order valence-corrected chi connectivity index (χ0v) is 13.9. The van der Waals surface area contributed by atoms with E-state index in [-0.39, 0.29) is 11.1 Å². The third-order valence-electron chi connectivity index (χ3n) is 4.72. The van der Waals surface area contributed by atoms with Gasteiger partial charge in [0.25, 0.3) is 0 Å². The summed E-state index contributed by atoms with van der Waals surface area (Å²) in [7, 11) is 0. The van der Waals surface area contributed by atoms with Crippen LogP contribution in [0, 0.1) is 0 Å². The van der Waals surface area contributed by atoms with Gasteiger partial charge in [0.2, 0.25) is 10.9 Å². The Bertz CT molecular complexity index is 1070. The first-order chi connectivity index (χ1) is 12.6. The Morgan fingerprint density at radius 1 is 0.577 bits per heavy atom. The third-order valence-corrected chi connectivity index (χ3v) is 4.72. The van der Waals surface area contributed by atoms with Crippen LogP contribution in [0.25, 0.3) is 11.1 Å². The molecule has 126 valence electrons. The number of hydrogen-bond donors (Lipinski definition) is 1. The molecule has 0 saturated carbocycles. The van der Waals surface area contributed by atoms with Crippen molar-refractivity contribution in [2.75, 3.05) is 0 Å². The fourth-order valence-corrected chi connectivity index (χ4v) is 3.43. The molecule has 4 aromatic rings. The normalized spacial score (nSPS) is 11.6. The average Bonchev–Trinajstić information content (AvgIpc) is 2.72. The van der Waals surface area contributed by atoms with Crippen molar-refractivity contribution in [2.24, 2.45) is 0 Å². The maximum absolute atomic E-state index is 12.6. The molecule has 4 aromatic carbocycles. The molecule has 0 aromatic heterocycles. The van der Waals surface area contributed by atoms with E-state index in [2.05, 4.69) is 0 Å². The molecule has 0 aliphatic heterocycles. The number of benzene rings is 3. The van der Waals surface area contributed by atoms with E-state index >= 15 is 0 Å². The lowest BCUT2D eigenvalue weighted by atomic mass is 9.74. The van der Waals surface area contributed by atoms with Crippen LogP contribution in [0.5, 0.6) is 0 Å². The van der Waals surface area contributed by atoms with E-state index in [0.717, 1.165) is 0 Å². The lowest BCUT2D eigenvalue weighted by molar-refractivity contribution is 0.124. The molecule has 0 amide bonds. The molecule has 0 radical (unpaired) electrons. The van der Waals surface area contributed by atoms with Crippen LogP contribution in [-0.4, -0.2) is 5.11 Å². The standard InChI is InChI=1S/C23H16O3/c24-21-19(16-10-4-1-5-11-16)20(22(21)25)23(26,17-12-6-2-7-13-17)18-14-8-3-9-15-18/h1-15,26H. The minimum Gasteiger partial charge on any atom is -0.376 e. The van der Waals surface area contributed by atoms with Crippen molar-refractivity contribution in [1.82, 2.24) is 0 Å². The maximum Gasteiger partial charge on any atom is 0.234 e. The summed E-state index contributed by atoms with van der Waals surface area (Å²) in [6.45, 7) is 0. The molecule has 0 saturated heterocycles. The van der Waals surface area contributed by atoms with E-state index in [4.69, 9.17) is 0 Å². The van der Waals surface area contributed by atoms with E-state index in [1.807, 2.05) is 18.2 Å². The first-order valence-corrected chi connectivity index (χ1v) is 8.36. The zero-order valence-electron chi connectivity index (χ0n) is 13.9. The predicted octanol–water partition coefficient (Wildman–Crippen LogP) is 3.23. The van der Waals surface area contributed by atoms with Gasteiger partial charge < -0.3 is 5.11 Å². The van der Waals surface area contributed by atoms with Gasteiger partial charge in [0, 0.05) is 5.56 Å². The lowest BCUT2D eigenvalue weighted by Gasteiger charge is -2.32. The molecule has 4 rings (SSSR count). The molecule has 3 heteroatoms. The summed E-state index contributed by atoms with van der Waals surface area (Å²) in [6.07, 6.45) is 0. The molecule has 26 heavy (non-hydrogen) atoms. The van der Waals surface area contributed by atoms with Crippen molar-refractivity contribution >= 4 is 0 Å². The Morgan fingerprint density at radius 3 is 1.46 bits per heavy atom.